The van der Waals surface area contributed by atoms with Crippen molar-refractivity contribution in [3.63, 3.8) is 0 Å². The van der Waals surface area contributed by atoms with Crippen molar-refractivity contribution in [1.29, 1.82) is 0 Å². The lowest BCUT2D eigenvalue weighted by molar-refractivity contribution is 0.598. The van der Waals surface area contributed by atoms with Gasteiger partial charge in [-0.25, -0.2) is 13.4 Å². The fourth-order valence-electron chi connectivity index (χ4n) is 2.40. The summed E-state index contributed by atoms with van der Waals surface area (Å²) in [6, 6.07) is 8.34. The van der Waals surface area contributed by atoms with Gasteiger partial charge in [0.25, 0.3) is 5.56 Å². The Balaban J connectivity index is 1.74. The first-order chi connectivity index (χ1) is 12.9. The van der Waals surface area contributed by atoms with E-state index in [1.54, 1.807) is 24.3 Å². The summed E-state index contributed by atoms with van der Waals surface area (Å²) < 4.78 is 27.7. The molecule has 2 heterocycles. The molecule has 0 atom stereocenters. The van der Waals surface area contributed by atoms with E-state index in [9.17, 15) is 13.2 Å². The van der Waals surface area contributed by atoms with Crippen molar-refractivity contribution >= 4 is 42.8 Å². The highest BCUT2D eigenvalue weighted by Crippen LogP contribution is 2.23. The van der Waals surface area contributed by atoms with Crippen LogP contribution in [0.15, 0.2) is 35.1 Å². The molecule has 2 N–H and O–H groups in total. The number of benzene rings is 1. The number of nitrogens with zero attached hydrogens (tertiary/aromatic N) is 3. The summed E-state index contributed by atoms with van der Waals surface area (Å²) in [7, 11) is -3.32. The van der Waals surface area contributed by atoms with Crippen LogP contribution in [0.5, 0.6) is 0 Å². The molecular weight excluding hydrogens is 386 g/mol. The minimum atomic E-state index is -3.32. The zero-order chi connectivity index (χ0) is 19.4. The quantitative estimate of drug-likeness (QED) is 0.595. The van der Waals surface area contributed by atoms with Crippen LogP contribution < -0.4 is 15.6 Å². The average molecular weight is 408 g/mol. The number of nitrogens with one attached hydrogen (secondary N) is 2. The fourth-order valence-corrected chi connectivity index (χ4v) is 4.51. The second kappa shape index (κ2) is 8.05. The van der Waals surface area contributed by atoms with Gasteiger partial charge in [-0.2, -0.15) is 4.52 Å². The number of hydrogen-bond acceptors (Lipinski definition) is 7. The molecule has 0 aliphatic rings. The first-order valence-corrected chi connectivity index (χ1v) is 11.1. The number of rotatable bonds is 8. The molecule has 1 aromatic carbocycles. The first-order valence-electron chi connectivity index (χ1n) is 8.67. The summed E-state index contributed by atoms with van der Waals surface area (Å²) in [4.78, 5) is 17.0. The van der Waals surface area contributed by atoms with Gasteiger partial charge in [-0.15, -0.1) is 5.10 Å². The molecule has 27 heavy (non-hydrogen) atoms. The Labute approximate surface area is 161 Å². The molecule has 144 valence electrons. The SMILES string of the molecule is CCCCS(=O)(=O)Nc1ccc(Nc2nn3c(=O)cc(CC)nc3s2)cc1. The largest absolute Gasteiger partial charge is 0.330 e. The van der Waals surface area contributed by atoms with Gasteiger partial charge in [0.05, 0.1) is 5.75 Å². The van der Waals surface area contributed by atoms with Crippen molar-refractivity contribution in [3.8, 4) is 0 Å². The third kappa shape index (κ3) is 4.83. The zero-order valence-corrected chi connectivity index (χ0v) is 16.7. The summed E-state index contributed by atoms with van der Waals surface area (Å²) in [6.07, 6.45) is 2.13. The van der Waals surface area contributed by atoms with Crippen molar-refractivity contribution in [2.24, 2.45) is 0 Å². The molecule has 8 nitrogen and oxygen atoms in total. The molecule has 0 amide bonds. The van der Waals surface area contributed by atoms with E-state index in [0.29, 0.717) is 28.6 Å². The molecule has 10 heteroatoms. The van der Waals surface area contributed by atoms with Crippen molar-refractivity contribution < 1.29 is 8.42 Å². The van der Waals surface area contributed by atoms with Gasteiger partial charge in [0.15, 0.2) is 0 Å². The van der Waals surface area contributed by atoms with Crippen LogP contribution in [0.25, 0.3) is 4.96 Å². The molecule has 0 unspecified atom stereocenters. The Hall–Kier alpha value is -2.46. The Morgan fingerprint density at radius 3 is 2.52 bits per heavy atom. The number of unbranched alkanes of at least 4 members (excludes halogenated alkanes) is 1. The van der Waals surface area contributed by atoms with Gasteiger partial charge < -0.3 is 5.32 Å². The van der Waals surface area contributed by atoms with Crippen molar-refractivity contribution in [3.05, 3.63) is 46.4 Å². The summed E-state index contributed by atoms with van der Waals surface area (Å²) in [5.41, 5.74) is 1.76. The predicted octanol–water partition coefficient (Wildman–Crippen LogP) is 3.00. The summed E-state index contributed by atoms with van der Waals surface area (Å²) in [5.74, 6) is 0.108. The van der Waals surface area contributed by atoms with E-state index in [0.717, 1.165) is 17.8 Å². The predicted molar refractivity (Wildman–Crippen MR) is 109 cm³/mol. The van der Waals surface area contributed by atoms with Crippen molar-refractivity contribution in [2.75, 3.05) is 15.8 Å². The monoisotopic (exact) mass is 407 g/mol. The van der Waals surface area contributed by atoms with Gasteiger partial charge in [-0.3, -0.25) is 9.52 Å². The highest BCUT2D eigenvalue weighted by Gasteiger charge is 2.11. The number of sulfonamides is 1. The van der Waals surface area contributed by atoms with E-state index in [1.807, 2.05) is 13.8 Å². The van der Waals surface area contributed by atoms with Crippen LogP contribution >= 0.6 is 11.3 Å². The van der Waals surface area contributed by atoms with Gasteiger partial charge in [0, 0.05) is 23.1 Å². The molecule has 2 aromatic heterocycles. The second-order valence-electron chi connectivity index (χ2n) is 6.02. The minimum absolute atomic E-state index is 0.108. The maximum atomic E-state index is 12.1. The number of aromatic nitrogens is 3. The van der Waals surface area contributed by atoms with Gasteiger partial charge >= 0.3 is 0 Å². The lowest BCUT2D eigenvalue weighted by Gasteiger charge is -2.08. The van der Waals surface area contributed by atoms with E-state index < -0.39 is 10.0 Å². The number of fused-ring (bicyclic) bond motifs is 1. The molecular formula is C17H21N5O3S2. The van der Waals surface area contributed by atoms with E-state index in [4.69, 9.17) is 0 Å². The maximum absolute atomic E-state index is 12.1. The van der Waals surface area contributed by atoms with Gasteiger partial charge in [-0.05, 0) is 37.1 Å². The molecule has 0 saturated carbocycles. The van der Waals surface area contributed by atoms with Crippen LogP contribution in [0, 0.1) is 0 Å². The van der Waals surface area contributed by atoms with E-state index in [-0.39, 0.29) is 11.3 Å². The fraction of sp³-hybridized carbons (Fsp3) is 0.353. The molecule has 0 saturated heterocycles. The van der Waals surface area contributed by atoms with E-state index in [1.165, 1.54) is 21.9 Å². The van der Waals surface area contributed by atoms with E-state index in [2.05, 4.69) is 20.1 Å². The lowest BCUT2D eigenvalue weighted by atomic mass is 10.3. The zero-order valence-electron chi connectivity index (χ0n) is 15.1. The molecule has 0 bridgehead atoms. The van der Waals surface area contributed by atoms with Crippen LogP contribution in [0.3, 0.4) is 0 Å². The molecule has 0 spiro atoms. The Morgan fingerprint density at radius 1 is 1.15 bits per heavy atom. The van der Waals surface area contributed by atoms with Crippen molar-refractivity contribution in [2.45, 2.75) is 33.1 Å². The standard InChI is InChI=1S/C17H21N5O3S2/c1-3-5-10-27(24,25)21-14-8-6-13(7-9-14)18-16-20-22-15(23)11-12(4-2)19-17(22)26-16/h6-9,11,21H,3-5,10H2,1-2H3,(H,18,20). The maximum Gasteiger partial charge on any atom is 0.275 e. The normalized spacial score (nSPS) is 11.6. The van der Waals surface area contributed by atoms with Crippen LogP contribution in [0.4, 0.5) is 16.5 Å². The second-order valence-corrected chi connectivity index (χ2v) is 8.82. The summed E-state index contributed by atoms with van der Waals surface area (Å²) in [6.45, 7) is 3.89. The summed E-state index contributed by atoms with van der Waals surface area (Å²) in [5, 5.41) is 7.88. The number of anilines is 3. The Kier molecular flexibility index (Phi) is 5.76. The average Bonchev–Trinajstić information content (AvgIpc) is 3.04. The Morgan fingerprint density at radius 2 is 1.85 bits per heavy atom. The number of hydrogen-bond donors (Lipinski definition) is 2. The summed E-state index contributed by atoms with van der Waals surface area (Å²) >= 11 is 1.28. The van der Waals surface area contributed by atoms with Gasteiger partial charge in [-0.1, -0.05) is 31.6 Å². The third-order valence-corrected chi connectivity index (χ3v) is 6.03. The smallest absolute Gasteiger partial charge is 0.275 e. The molecule has 0 radical (unpaired) electrons. The van der Waals surface area contributed by atoms with Gasteiger partial charge in [0.2, 0.25) is 20.1 Å². The molecule has 3 rings (SSSR count). The van der Waals surface area contributed by atoms with Crippen LogP contribution in [0.1, 0.15) is 32.4 Å². The van der Waals surface area contributed by atoms with E-state index >= 15 is 0 Å². The highest BCUT2D eigenvalue weighted by atomic mass is 32.2. The molecule has 3 aromatic rings. The highest BCUT2D eigenvalue weighted by molar-refractivity contribution is 7.92. The van der Waals surface area contributed by atoms with Gasteiger partial charge in [0.1, 0.15) is 0 Å². The minimum Gasteiger partial charge on any atom is -0.330 e. The Bertz CT molecular complexity index is 1090. The number of aryl methyl sites for hydroxylation is 1. The van der Waals surface area contributed by atoms with Crippen LogP contribution in [-0.2, 0) is 16.4 Å². The van der Waals surface area contributed by atoms with Crippen LogP contribution in [0.2, 0.25) is 0 Å². The topological polar surface area (TPSA) is 105 Å². The van der Waals surface area contributed by atoms with Crippen molar-refractivity contribution in [1.82, 2.24) is 14.6 Å². The molecule has 0 fully saturated rings. The molecule has 0 aliphatic heterocycles. The van der Waals surface area contributed by atoms with Crippen LogP contribution in [-0.4, -0.2) is 28.8 Å². The molecule has 0 aliphatic carbocycles. The third-order valence-electron chi connectivity index (χ3n) is 3.84. The first kappa shape index (κ1) is 19.3. The lowest BCUT2D eigenvalue weighted by Crippen LogP contribution is -2.16.